The first-order valence-corrected chi connectivity index (χ1v) is 6.79. The fraction of sp³-hybridized carbons (Fsp3) is 0.600. The molecule has 1 saturated carbocycles. The van der Waals surface area contributed by atoms with Crippen LogP contribution in [0.2, 0.25) is 0 Å². The molecule has 0 amide bonds. The van der Waals surface area contributed by atoms with Crippen LogP contribution in [-0.4, -0.2) is 12.1 Å². The molecule has 0 aliphatic heterocycles. The zero-order valence-corrected chi connectivity index (χ0v) is 11.3. The lowest BCUT2D eigenvalue weighted by Crippen LogP contribution is -2.61. The SMILES string of the molecule is CCC1(CC)CC(N)(CNc2ccc(F)cc2)C1. The zero-order valence-electron chi connectivity index (χ0n) is 11.3. The maximum atomic E-state index is 12.8. The molecule has 3 N–H and O–H groups in total. The summed E-state index contributed by atoms with van der Waals surface area (Å²) in [4.78, 5) is 0. The molecule has 0 bridgehead atoms. The molecule has 1 aromatic rings. The number of hydrogen-bond donors (Lipinski definition) is 2. The molecule has 0 spiro atoms. The Morgan fingerprint density at radius 1 is 1.17 bits per heavy atom. The number of anilines is 1. The van der Waals surface area contributed by atoms with Crippen molar-refractivity contribution in [3.05, 3.63) is 30.1 Å². The molecular weight excluding hydrogens is 227 g/mol. The van der Waals surface area contributed by atoms with Gasteiger partial charge in [-0.2, -0.15) is 0 Å². The highest BCUT2D eigenvalue weighted by Gasteiger charge is 2.49. The van der Waals surface area contributed by atoms with E-state index in [1.807, 2.05) is 0 Å². The van der Waals surface area contributed by atoms with Gasteiger partial charge in [0.05, 0.1) is 0 Å². The number of nitrogens with two attached hydrogens (primary N) is 1. The number of rotatable bonds is 5. The van der Waals surface area contributed by atoms with Gasteiger partial charge in [0.2, 0.25) is 0 Å². The highest BCUT2D eigenvalue weighted by Crippen LogP contribution is 2.51. The van der Waals surface area contributed by atoms with Crippen LogP contribution in [0.4, 0.5) is 10.1 Å². The van der Waals surface area contributed by atoms with Crippen LogP contribution in [0.25, 0.3) is 0 Å². The Balaban J connectivity index is 1.86. The van der Waals surface area contributed by atoms with Crippen LogP contribution in [0, 0.1) is 11.2 Å². The van der Waals surface area contributed by atoms with Gasteiger partial charge in [-0.1, -0.05) is 26.7 Å². The Hall–Kier alpha value is -1.09. The van der Waals surface area contributed by atoms with E-state index in [0.29, 0.717) is 5.41 Å². The molecule has 2 nitrogen and oxygen atoms in total. The molecule has 18 heavy (non-hydrogen) atoms. The molecular formula is C15H23FN2. The van der Waals surface area contributed by atoms with E-state index in [2.05, 4.69) is 19.2 Å². The molecule has 2 rings (SSSR count). The zero-order chi connectivity index (χ0) is 13.2. The summed E-state index contributed by atoms with van der Waals surface area (Å²) in [6.07, 6.45) is 4.58. The van der Waals surface area contributed by atoms with Crippen molar-refractivity contribution in [1.29, 1.82) is 0 Å². The standard InChI is InChI=1S/C15H23FN2/c1-3-14(4-2)9-15(17,10-14)11-18-13-7-5-12(16)6-8-13/h5-8,18H,3-4,9-11,17H2,1-2H3. The summed E-state index contributed by atoms with van der Waals surface area (Å²) in [5.74, 6) is -0.206. The number of benzene rings is 1. The average Bonchev–Trinajstić information content (AvgIpc) is 2.34. The quantitative estimate of drug-likeness (QED) is 0.839. The molecule has 0 unspecified atom stereocenters. The van der Waals surface area contributed by atoms with E-state index in [0.717, 1.165) is 25.1 Å². The van der Waals surface area contributed by atoms with Crippen molar-refractivity contribution in [3.63, 3.8) is 0 Å². The van der Waals surface area contributed by atoms with E-state index in [1.54, 1.807) is 12.1 Å². The van der Waals surface area contributed by atoms with Crippen LogP contribution in [0.15, 0.2) is 24.3 Å². The molecule has 3 heteroatoms. The van der Waals surface area contributed by atoms with E-state index in [-0.39, 0.29) is 11.4 Å². The van der Waals surface area contributed by atoms with Crippen LogP contribution >= 0.6 is 0 Å². The lowest BCUT2D eigenvalue weighted by atomic mass is 9.55. The third-order valence-electron chi connectivity index (χ3n) is 4.44. The summed E-state index contributed by atoms with van der Waals surface area (Å²) in [6.45, 7) is 5.26. The second-order valence-electron chi connectivity index (χ2n) is 5.78. The molecule has 0 atom stereocenters. The predicted octanol–water partition coefficient (Wildman–Crippen LogP) is 3.54. The van der Waals surface area contributed by atoms with Gasteiger partial charge in [0.25, 0.3) is 0 Å². The molecule has 0 saturated heterocycles. The first-order valence-electron chi connectivity index (χ1n) is 6.79. The summed E-state index contributed by atoms with van der Waals surface area (Å²) >= 11 is 0. The normalized spacial score (nSPS) is 20.2. The first kappa shape index (κ1) is 13.3. The Morgan fingerprint density at radius 3 is 2.22 bits per heavy atom. The summed E-state index contributed by atoms with van der Waals surface area (Å²) < 4.78 is 12.8. The minimum absolute atomic E-state index is 0.0968. The van der Waals surface area contributed by atoms with E-state index < -0.39 is 0 Å². The smallest absolute Gasteiger partial charge is 0.123 e. The van der Waals surface area contributed by atoms with Gasteiger partial charge < -0.3 is 11.1 Å². The summed E-state index contributed by atoms with van der Waals surface area (Å²) in [7, 11) is 0. The lowest BCUT2D eigenvalue weighted by Gasteiger charge is -2.54. The fourth-order valence-electron chi connectivity index (χ4n) is 3.16. The van der Waals surface area contributed by atoms with Crippen molar-refractivity contribution in [2.24, 2.45) is 11.1 Å². The minimum Gasteiger partial charge on any atom is -0.383 e. The largest absolute Gasteiger partial charge is 0.383 e. The Labute approximate surface area is 109 Å². The molecule has 1 aromatic carbocycles. The molecule has 100 valence electrons. The second kappa shape index (κ2) is 4.88. The molecule has 1 fully saturated rings. The Kier molecular flexibility index (Phi) is 3.62. The number of hydrogen-bond acceptors (Lipinski definition) is 2. The van der Waals surface area contributed by atoms with Crippen molar-refractivity contribution in [3.8, 4) is 0 Å². The topological polar surface area (TPSA) is 38.0 Å². The number of nitrogens with one attached hydrogen (secondary N) is 1. The maximum absolute atomic E-state index is 12.8. The van der Waals surface area contributed by atoms with Crippen molar-refractivity contribution in [1.82, 2.24) is 0 Å². The summed E-state index contributed by atoms with van der Waals surface area (Å²) in [5.41, 5.74) is 7.67. The van der Waals surface area contributed by atoms with Gasteiger partial charge in [0.15, 0.2) is 0 Å². The molecule has 1 aliphatic carbocycles. The van der Waals surface area contributed by atoms with Crippen molar-refractivity contribution in [2.45, 2.75) is 45.1 Å². The van der Waals surface area contributed by atoms with Crippen LogP contribution in [0.3, 0.4) is 0 Å². The first-order chi connectivity index (χ1) is 8.51. The van der Waals surface area contributed by atoms with Crippen LogP contribution in [0.5, 0.6) is 0 Å². The molecule has 0 radical (unpaired) electrons. The van der Waals surface area contributed by atoms with Gasteiger partial charge in [-0.05, 0) is 42.5 Å². The monoisotopic (exact) mass is 250 g/mol. The minimum atomic E-state index is -0.206. The van der Waals surface area contributed by atoms with E-state index in [1.165, 1.54) is 25.0 Å². The maximum Gasteiger partial charge on any atom is 0.123 e. The highest BCUT2D eigenvalue weighted by molar-refractivity contribution is 5.43. The lowest BCUT2D eigenvalue weighted by molar-refractivity contribution is 0.0275. The highest BCUT2D eigenvalue weighted by atomic mass is 19.1. The van der Waals surface area contributed by atoms with Gasteiger partial charge in [0.1, 0.15) is 5.82 Å². The fourth-order valence-corrected chi connectivity index (χ4v) is 3.16. The molecule has 0 aromatic heterocycles. The summed E-state index contributed by atoms with van der Waals surface area (Å²) in [5, 5.41) is 3.31. The van der Waals surface area contributed by atoms with Crippen LogP contribution in [-0.2, 0) is 0 Å². The molecule has 1 aliphatic rings. The number of halogens is 1. The van der Waals surface area contributed by atoms with Crippen molar-refractivity contribution >= 4 is 5.69 Å². The Bertz CT molecular complexity index is 387. The second-order valence-corrected chi connectivity index (χ2v) is 5.78. The third kappa shape index (κ3) is 2.66. The van der Waals surface area contributed by atoms with E-state index in [4.69, 9.17) is 5.73 Å². The van der Waals surface area contributed by atoms with Crippen molar-refractivity contribution < 1.29 is 4.39 Å². The summed E-state index contributed by atoms with van der Waals surface area (Å²) in [6, 6.07) is 6.44. The van der Waals surface area contributed by atoms with E-state index in [9.17, 15) is 4.39 Å². The van der Waals surface area contributed by atoms with Crippen LogP contribution in [0.1, 0.15) is 39.5 Å². The van der Waals surface area contributed by atoms with Gasteiger partial charge in [-0.15, -0.1) is 0 Å². The van der Waals surface area contributed by atoms with Crippen molar-refractivity contribution in [2.75, 3.05) is 11.9 Å². The molecule has 0 heterocycles. The van der Waals surface area contributed by atoms with Gasteiger partial charge >= 0.3 is 0 Å². The average molecular weight is 250 g/mol. The third-order valence-corrected chi connectivity index (χ3v) is 4.44. The van der Waals surface area contributed by atoms with Gasteiger partial charge in [-0.25, -0.2) is 4.39 Å². The predicted molar refractivity (Wildman–Crippen MR) is 74.1 cm³/mol. The Morgan fingerprint density at radius 2 is 1.72 bits per heavy atom. The van der Waals surface area contributed by atoms with Gasteiger partial charge in [-0.3, -0.25) is 0 Å². The van der Waals surface area contributed by atoms with Crippen LogP contribution < -0.4 is 11.1 Å². The van der Waals surface area contributed by atoms with Gasteiger partial charge in [0, 0.05) is 17.8 Å². The van der Waals surface area contributed by atoms with E-state index >= 15 is 0 Å².